The molecule has 2 aliphatic heterocycles. The van der Waals surface area contributed by atoms with Crippen molar-refractivity contribution in [3.63, 3.8) is 0 Å². The van der Waals surface area contributed by atoms with Crippen LogP contribution in [0.25, 0.3) is 0 Å². The summed E-state index contributed by atoms with van der Waals surface area (Å²) in [5.41, 5.74) is 2.28. The third kappa shape index (κ3) is 4.14. The lowest BCUT2D eigenvalue weighted by Crippen LogP contribution is -2.45. The van der Waals surface area contributed by atoms with E-state index < -0.39 is 16.1 Å². The number of nitrogens with zero attached hydrogens (tertiary/aromatic N) is 2. The van der Waals surface area contributed by atoms with Gasteiger partial charge in [0.05, 0.1) is 4.90 Å². The molecule has 2 amide bonds. The highest BCUT2D eigenvalue weighted by Crippen LogP contribution is 2.35. The Kier molecular flexibility index (Phi) is 6.05. The minimum atomic E-state index is -3.88. The average molecular weight is 460 g/mol. The van der Waals surface area contributed by atoms with Gasteiger partial charge in [-0.3, -0.25) is 9.59 Å². The average Bonchev–Trinajstić information content (AvgIpc) is 3.37. The second-order valence-electron chi connectivity index (χ2n) is 8.35. The molecular weight excluding hydrogens is 433 g/mol. The molecule has 9 heteroatoms. The maximum Gasteiger partial charge on any atom is 0.243 e. The topological polar surface area (TPSA) is 86.8 Å². The van der Waals surface area contributed by atoms with Gasteiger partial charge < -0.3 is 10.2 Å². The molecule has 1 N–H and O–H groups in total. The standard InChI is InChI=1S/C23H26FN3O4S/c1-15-12-18-13-20(9-10-21(18)27(15)16(2)28)32(30,31)26-11-3-4-22(26)23(29)25-14-17-5-7-19(24)8-6-17/h5-10,13,15,22H,3-4,11-12,14H2,1-2H3,(H,25,29)/t15-,22+/m1/s1. The number of fused-ring (bicyclic) bond motifs is 1. The van der Waals surface area contributed by atoms with Crippen LogP contribution < -0.4 is 10.2 Å². The monoisotopic (exact) mass is 459 g/mol. The molecular formula is C23H26FN3O4S. The molecule has 1 saturated heterocycles. The summed E-state index contributed by atoms with van der Waals surface area (Å²) < 4.78 is 41.1. The van der Waals surface area contributed by atoms with Gasteiger partial charge in [0.1, 0.15) is 11.9 Å². The van der Waals surface area contributed by atoms with Crippen LogP contribution in [0.15, 0.2) is 47.4 Å². The van der Waals surface area contributed by atoms with E-state index in [0.29, 0.717) is 19.3 Å². The van der Waals surface area contributed by atoms with Gasteiger partial charge in [0.25, 0.3) is 0 Å². The Morgan fingerprint density at radius 3 is 2.56 bits per heavy atom. The molecule has 2 aromatic rings. The number of halogens is 1. The fraction of sp³-hybridized carbons (Fsp3) is 0.391. The number of nitrogens with one attached hydrogen (secondary N) is 1. The van der Waals surface area contributed by atoms with Crippen molar-refractivity contribution in [3.05, 3.63) is 59.4 Å². The second kappa shape index (κ2) is 8.63. The van der Waals surface area contributed by atoms with E-state index in [4.69, 9.17) is 0 Å². The van der Waals surface area contributed by atoms with Gasteiger partial charge in [0.15, 0.2) is 0 Å². The fourth-order valence-corrected chi connectivity index (χ4v) is 6.29. The molecule has 0 aromatic heterocycles. The van der Waals surface area contributed by atoms with Gasteiger partial charge in [-0.25, -0.2) is 12.8 Å². The molecule has 4 rings (SSSR count). The molecule has 0 spiro atoms. The summed E-state index contributed by atoms with van der Waals surface area (Å²) >= 11 is 0. The molecule has 0 saturated carbocycles. The Hall–Kier alpha value is -2.78. The molecule has 7 nitrogen and oxygen atoms in total. The Balaban J connectivity index is 1.52. The first-order valence-electron chi connectivity index (χ1n) is 10.6. The van der Waals surface area contributed by atoms with E-state index >= 15 is 0 Å². The number of amides is 2. The van der Waals surface area contributed by atoms with Gasteiger partial charge >= 0.3 is 0 Å². The van der Waals surface area contributed by atoms with Crippen LogP contribution in [-0.4, -0.2) is 43.2 Å². The van der Waals surface area contributed by atoms with Crippen LogP contribution in [-0.2, 0) is 32.6 Å². The molecule has 2 atom stereocenters. The Bertz CT molecular complexity index is 1150. The van der Waals surface area contributed by atoms with Crippen LogP contribution in [0.5, 0.6) is 0 Å². The number of carbonyl (C=O) groups is 2. The van der Waals surface area contributed by atoms with Crippen LogP contribution in [0.4, 0.5) is 10.1 Å². The highest BCUT2D eigenvalue weighted by molar-refractivity contribution is 7.89. The van der Waals surface area contributed by atoms with E-state index in [-0.39, 0.29) is 41.7 Å². The summed E-state index contributed by atoms with van der Waals surface area (Å²) in [6.07, 6.45) is 1.61. The third-order valence-corrected chi connectivity index (χ3v) is 8.00. The van der Waals surface area contributed by atoms with Crippen molar-refractivity contribution in [2.75, 3.05) is 11.4 Å². The lowest BCUT2D eigenvalue weighted by atomic mass is 10.1. The van der Waals surface area contributed by atoms with E-state index in [0.717, 1.165) is 16.8 Å². The molecule has 0 unspecified atom stereocenters. The smallest absolute Gasteiger partial charge is 0.243 e. The number of anilines is 1. The van der Waals surface area contributed by atoms with Crippen molar-refractivity contribution in [1.29, 1.82) is 0 Å². The lowest BCUT2D eigenvalue weighted by molar-refractivity contribution is -0.124. The van der Waals surface area contributed by atoms with Crippen molar-refractivity contribution >= 4 is 27.5 Å². The van der Waals surface area contributed by atoms with Crippen LogP contribution >= 0.6 is 0 Å². The molecule has 0 radical (unpaired) electrons. The van der Waals surface area contributed by atoms with Gasteiger partial charge in [-0.2, -0.15) is 4.31 Å². The molecule has 32 heavy (non-hydrogen) atoms. The molecule has 2 heterocycles. The van der Waals surface area contributed by atoms with Gasteiger partial charge in [0.2, 0.25) is 21.8 Å². The number of rotatable bonds is 5. The minimum Gasteiger partial charge on any atom is -0.351 e. The predicted molar refractivity (Wildman–Crippen MR) is 118 cm³/mol. The van der Waals surface area contributed by atoms with Gasteiger partial charge in [-0.1, -0.05) is 12.1 Å². The highest BCUT2D eigenvalue weighted by Gasteiger charge is 2.40. The number of hydrogen-bond acceptors (Lipinski definition) is 4. The summed E-state index contributed by atoms with van der Waals surface area (Å²) in [7, 11) is -3.88. The van der Waals surface area contributed by atoms with E-state index in [9.17, 15) is 22.4 Å². The maximum atomic E-state index is 13.4. The van der Waals surface area contributed by atoms with E-state index in [1.807, 2.05) is 6.92 Å². The molecule has 2 aliphatic rings. The Labute approximate surface area is 187 Å². The van der Waals surface area contributed by atoms with Gasteiger partial charge in [0, 0.05) is 31.7 Å². The van der Waals surface area contributed by atoms with Crippen molar-refractivity contribution in [2.45, 2.75) is 56.6 Å². The number of hydrogen-bond donors (Lipinski definition) is 1. The normalized spacial score (nSPS) is 20.9. The Morgan fingerprint density at radius 2 is 1.88 bits per heavy atom. The third-order valence-electron chi connectivity index (χ3n) is 6.10. The van der Waals surface area contributed by atoms with Crippen molar-refractivity contribution in [1.82, 2.24) is 9.62 Å². The molecule has 0 bridgehead atoms. The van der Waals surface area contributed by atoms with Gasteiger partial charge in [-0.15, -0.1) is 0 Å². The zero-order valence-electron chi connectivity index (χ0n) is 18.0. The summed E-state index contributed by atoms with van der Waals surface area (Å²) in [4.78, 5) is 26.5. The highest BCUT2D eigenvalue weighted by atomic mass is 32.2. The first-order chi connectivity index (χ1) is 15.2. The van der Waals surface area contributed by atoms with Crippen molar-refractivity contribution in [3.8, 4) is 0 Å². The zero-order chi connectivity index (χ0) is 23.0. The van der Waals surface area contributed by atoms with Crippen LogP contribution in [0.3, 0.4) is 0 Å². The minimum absolute atomic E-state index is 0.0303. The van der Waals surface area contributed by atoms with Crippen molar-refractivity contribution < 1.29 is 22.4 Å². The van der Waals surface area contributed by atoms with E-state index in [1.165, 1.54) is 29.4 Å². The zero-order valence-corrected chi connectivity index (χ0v) is 18.9. The second-order valence-corrected chi connectivity index (χ2v) is 10.2. The van der Waals surface area contributed by atoms with E-state index in [2.05, 4.69) is 5.32 Å². The maximum absolute atomic E-state index is 13.4. The van der Waals surface area contributed by atoms with Gasteiger partial charge in [-0.05, 0) is 67.6 Å². The summed E-state index contributed by atoms with van der Waals surface area (Å²) in [6, 6.07) is 9.77. The summed E-state index contributed by atoms with van der Waals surface area (Å²) in [6.45, 7) is 3.89. The van der Waals surface area contributed by atoms with Crippen LogP contribution in [0.1, 0.15) is 37.8 Å². The first kappa shape index (κ1) is 22.4. The molecule has 2 aromatic carbocycles. The van der Waals surface area contributed by atoms with Crippen LogP contribution in [0, 0.1) is 5.82 Å². The van der Waals surface area contributed by atoms with Crippen LogP contribution in [0.2, 0.25) is 0 Å². The number of sulfonamides is 1. The molecule has 170 valence electrons. The quantitative estimate of drug-likeness (QED) is 0.745. The van der Waals surface area contributed by atoms with E-state index in [1.54, 1.807) is 29.2 Å². The first-order valence-corrected chi connectivity index (χ1v) is 12.1. The molecule has 0 aliphatic carbocycles. The number of benzene rings is 2. The fourth-order valence-electron chi connectivity index (χ4n) is 4.58. The van der Waals surface area contributed by atoms with Crippen molar-refractivity contribution in [2.24, 2.45) is 0 Å². The SMILES string of the molecule is CC(=O)N1c2ccc(S(=O)(=O)N3CCC[C@H]3C(=O)NCc3ccc(F)cc3)cc2C[C@H]1C. The Morgan fingerprint density at radius 1 is 1.16 bits per heavy atom. The summed E-state index contributed by atoms with van der Waals surface area (Å²) in [5.74, 6) is -0.805. The largest absolute Gasteiger partial charge is 0.351 e. The molecule has 1 fully saturated rings. The predicted octanol–water partition coefficient (Wildman–Crippen LogP) is 2.59. The summed E-state index contributed by atoms with van der Waals surface area (Å²) in [5, 5.41) is 2.77. The number of carbonyl (C=O) groups excluding carboxylic acids is 2. The lowest BCUT2D eigenvalue weighted by Gasteiger charge is -2.24.